The molecule has 1 aromatic rings. The molecule has 0 radical (unpaired) electrons. The van der Waals surface area contributed by atoms with Crippen molar-refractivity contribution in [2.24, 2.45) is 5.92 Å². The summed E-state index contributed by atoms with van der Waals surface area (Å²) < 4.78 is 16.0. The summed E-state index contributed by atoms with van der Waals surface area (Å²) in [4.78, 5) is 11.7. The number of esters is 1. The molecule has 1 heterocycles. The summed E-state index contributed by atoms with van der Waals surface area (Å²) in [7, 11) is 1.40. The van der Waals surface area contributed by atoms with Gasteiger partial charge < -0.3 is 14.2 Å². The fourth-order valence-electron chi connectivity index (χ4n) is 2.21. The van der Waals surface area contributed by atoms with Gasteiger partial charge in [0.1, 0.15) is 19.3 Å². The third-order valence-corrected chi connectivity index (χ3v) is 3.28. The fraction of sp³-hybridized carbons (Fsp3) is 0.533. The van der Waals surface area contributed by atoms with Gasteiger partial charge in [-0.25, -0.2) is 0 Å². The Morgan fingerprint density at radius 1 is 1.35 bits per heavy atom. The molecule has 0 unspecified atom stereocenters. The van der Waals surface area contributed by atoms with Gasteiger partial charge in [0.25, 0.3) is 0 Å². The largest absolute Gasteiger partial charge is 0.486 e. The fourth-order valence-corrected chi connectivity index (χ4v) is 2.21. The standard InChI is InChI=1S/C15H21NO4/c1-10(2)13(15(17)18-3)16-9-11-5-4-6-12-14(11)20-8-7-19-12/h4-6,10,13,16H,7-9H2,1-3H3/t13-/m0/s1. The molecule has 5 nitrogen and oxygen atoms in total. The number of ether oxygens (including phenoxy) is 3. The van der Waals surface area contributed by atoms with Gasteiger partial charge >= 0.3 is 5.97 Å². The summed E-state index contributed by atoms with van der Waals surface area (Å²) in [5, 5.41) is 3.23. The molecule has 1 N–H and O–H groups in total. The number of rotatable bonds is 5. The van der Waals surface area contributed by atoms with Gasteiger partial charge in [-0.2, -0.15) is 0 Å². The molecule has 0 amide bonds. The molecule has 2 rings (SSSR count). The highest BCUT2D eigenvalue weighted by Gasteiger charge is 2.23. The van der Waals surface area contributed by atoms with E-state index in [0.717, 1.165) is 17.1 Å². The molecule has 0 aromatic heterocycles. The zero-order valence-electron chi connectivity index (χ0n) is 12.1. The summed E-state index contributed by atoms with van der Waals surface area (Å²) in [5.41, 5.74) is 0.983. The Morgan fingerprint density at radius 3 is 2.80 bits per heavy atom. The summed E-state index contributed by atoms with van der Waals surface area (Å²) in [6, 6.07) is 5.45. The number of para-hydroxylation sites is 1. The zero-order valence-corrected chi connectivity index (χ0v) is 12.1. The van der Waals surface area contributed by atoms with Crippen molar-refractivity contribution in [1.82, 2.24) is 5.32 Å². The second-order valence-electron chi connectivity index (χ2n) is 5.07. The topological polar surface area (TPSA) is 56.8 Å². The monoisotopic (exact) mass is 279 g/mol. The molecular weight excluding hydrogens is 258 g/mol. The van der Waals surface area contributed by atoms with E-state index in [1.807, 2.05) is 32.0 Å². The average Bonchev–Trinajstić information content (AvgIpc) is 2.47. The van der Waals surface area contributed by atoms with Crippen LogP contribution < -0.4 is 14.8 Å². The molecule has 1 aliphatic rings. The highest BCUT2D eigenvalue weighted by Crippen LogP contribution is 2.33. The first-order valence-electron chi connectivity index (χ1n) is 6.82. The molecule has 0 fully saturated rings. The Morgan fingerprint density at radius 2 is 2.10 bits per heavy atom. The molecule has 110 valence electrons. The third-order valence-electron chi connectivity index (χ3n) is 3.28. The van der Waals surface area contributed by atoms with Gasteiger partial charge in [0.05, 0.1) is 7.11 Å². The van der Waals surface area contributed by atoms with Crippen LogP contribution in [0, 0.1) is 5.92 Å². The highest BCUT2D eigenvalue weighted by atomic mass is 16.6. The van der Waals surface area contributed by atoms with Gasteiger partial charge in [0.15, 0.2) is 11.5 Å². The number of methoxy groups -OCH3 is 1. The predicted molar refractivity (Wildman–Crippen MR) is 74.9 cm³/mol. The van der Waals surface area contributed by atoms with Crippen molar-refractivity contribution >= 4 is 5.97 Å². The minimum absolute atomic E-state index is 0.152. The molecule has 5 heteroatoms. The predicted octanol–water partition coefficient (Wildman–Crippen LogP) is 1.74. The van der Waals surface area contributed by atoms with Crippen LogP contribution in [0.25, 0.3) is 0 Å². The van der Waals surface area contributed by atoms with Crippen molar-refractivity contribution < 1.29 is 19.0 Å². The van der Waals surface area contributed by atoms with Gasteiger partial charge in [-0.1, -0.05) is 26.0 Å². The molecular formula is C15H21NO4. The molecule has 1 aromatic carbocycles. The Balaban J connectivity index is 2.08. The number of hydrogen-bond acceptors (Lipinski definition) is 5. The van der Waals surface area contributed by atoms with Crippen molar-refractivity contribution in [3.63, 3.8) is 0 Å². The maximum absolute atomic E-state index is 11.7. The Hall–Kier alpha value is -1.75. The van der Waals surface area contributed by atoms with Gasteiger partial charge in [-0.15, -0.1) is 0 Å². The number of nitrogens with one attached hydrogen (secondary N) is 1. The van der Waals surface area contributed by atoms with Crippen molar-refractivity contribution in [2.75, 3.05) is 20.3 Å². The normalized spacial score (nSPS) is 15.0. The molecule has 20 heavy (non-hydrogen) atoms. The van der Waals surface area contributed by atoms with Crippen LogP contribution in [-0.2, 0) is 16.1 Å². The lowest BCUT2D eigenvalue weighted by Gasteiger charge is -2.23. The van der Waals surface area contributed by atoms with Crippen molar-refractivity contribution in [1.29, 1.82) is 0 Å². The quantitative estimate of drug-likeness (QED) is 0.832. The molecule has 1 atom stereocenters. The molecule has 1 aliphatic heterocycles. The van der Waals surface area contributed by atoms with Gasteiger partial charge in [0.2, 0.25) is 0 Å². The van der Waals surface area contributed by atoms with Crippen molar-refractivity contribution in [3.8, 4) is 11.5 Å². The minimum atomic E-state index is -0.333. The minimum Gasteiger partial charge on any atom is -0.486 e. The van der Waals surface area contributed by atoms with Gasteiger partial charge in [0, 0.05) is 12.1 Å². The second kappa shape index (κ2) is 6.61. The Labute approximate surface area is 119 Å². The molecule has 0 saturated heterocycles. The molecule has 0 aliphatic carbocycles. The third kappa shape index (κ3) is 3.22. The number of benzene rings is 1. The van der Waals surface area contributed by atoms with E-state index in [2.05, 4.69) is 5.32 Å². The maximum Gasteiger partial charge on any atom is 0.323 e. The van der Waals surface area contributed by atoms with Crippen molar-refractivity contribution in [2.45, 2.75) is 26.4 Å². The van der Waals surface area contributed by atoms with Crippen LogP contribution in [-0.4, -0.2) is 32.3 Å². The van der Waals surface area contributed by atoms with Crippen LogP contribution in [0.5, 0.6) is 11.5 Å². The second-order valence-corrected chi connectivity index (χ2v) is 5.07. The maximum atomic E-state index is 11.7. The Bertz CT molecular complexity index is 473. The van der Waals surface area contributed by atoms with E-state index in [1.165, 1.54) is 7.11 Å². The van der Waals surface area contributed by atoms with Crippen LogP contribution in [0.1, 0.15) is 19.4 Å². The summed E-state index contributed by atoms with van der Waals surface area (Å²) in [6.07, 6.45) is 0. The lowest BCUT2D eigenvalue weighted by atomic mass is 10.0. The first-order chi connectivity index (χ1) is 9.63. The van der Waals surface area contributed by atoms with E-state index in [9.17, 15) is 4.79 Å². The molecule has 0 spiro atoms. The first-order valence-corrected chi connectivity index (χ1v) is 6.82. The van der Waals surface area contributed by atoms with Crippen molar-refractivity contribution in [3.05, 3.63) is 23.8 Å². The van der Waals surface area contributed by atoms with E-state index in [0.29, 0.717) is 19.8 Å². The van der Waals surface area contributed by atoms with Crippen LogP contribution in [0.4, 0.5) is 0 Å². The summed E-state index contributed by atoms with van der Waals surface area (Å²) >= 11 is 0. The number of fused-ring (bicyclic) bond motifs is 1. The first kappa shape index (κ1) is 14.7. The van der Waals surface area contributed by atoms with E-state index in [1.54, 1.807) is 0 Å². The highest BCUT2D eigenvalue weighted by molar-refractivity contribution is 5.75. The van der Waals surface area contributed by atoms with E-state index >= 15 is 0 Å². The Kier molecular flexibility index (Phi) is 4.84. The average molecular weight is 279 g/mol. The van der Waals surface area contributed by atoms with Gasteiger partial charge in [-0.3, -0.25) is 10.1 Å². The summed E-state index contributed by atoms with van der Waals surface area (Å²) in [6.45, 7) is 5.61. The number of hydrogen-bond donors (Lipinski definition) is 1. The van der Waals surface area contributed by atoms with Crippen LogP contribution >= 0.6 is 0 Å². The zero-order chi connectivity index (χ0) is 14.5. The van der Waals surface area contributed by atoms with Crippen LogP contribution in [0.2, 0.25) is 0 Å². The van der Waals surface area contributed by atoms with Crippen LogP contribution in [0.3, 0.4) is 0 Å². The SMILES string of the molecule is COC(=O)[C@@H](NCc1cccc2c1OCCO2)C(C)C. The van der Waals surface area contributed by atoms with Crippen LogP contribution in [0.15, 0.2) is 18.2 Å². The molecule has 0 saturated carbocycles. The molecule has 0 bridgehead atoms. The summed E-state index contributed by atoms with van der Waals surface area (Å²) in [5.74, 6) is 1.43. The smallest absolute Gasteiger partial charge is 0.323 e. The van der Waals surface area contributed by atoms with E-state index in [4.69, 9.17) is 14.2 Å². The van der Waals surface area contributed by atoms with E-state index < -0.39 is 0 Å². The lowest BCUT2D eigenvalue weighted by molar-refractivity contribution is -0.144. The van der Waals surface area contributed by atoms with E-state index in [-0.39, 0.29) is 17.9 Å². The number of carbonyl (C=O) groups excluding carboxylic acids is 1. The van der Waals surface area contributed by atoms with Gasteiger partial charge in [-0.05, 0) is 12.0 Å². The number of carbonyl (C=O) groups is 1. The lowest BCUT2D eigenvalue weighted by Crippen LogP contribution is -2.41.